The van der Waals surface area contributed by atoms with Gasteiger partial charge in [0, 0.05) is 41.8 Å². The highest BCUT2D eigenvalue weighted by Gasteiger charge is 2.17. The van der Waals surface area contributed by atoms with Gasteiger partial charge in [-0.2, -0.15) is 5.10 Å². The lowest BCUT2D eigenvalue weighted by Gasteiger charge is -2.27. The van der Waals surface area contributed by atoms with Crippen molar-refractivity contribution in [1.82, 2.24) is 9.78 Å². The molecule has 0 fully saturated rings. The number of ether oxygens (including phenoxy) is 1. The average Bonchev–Trinajstić information content (AvgIpc) is 2.95. The quantitative estimate of drug-likeness (QED) is 0.576. The van der Waals surface area contributed by atoms with Crippen molar-refractivity contribution in [3.63, 3.8) is 0 Å². The van der Waals surface area contributed by atoms with E-state index < -0.39 is 5.97 Å². The minimum Gasteiger partial charge on any atom is -0.455 e. The van der Waals surface area contributed by atoms with Gasteiger partial charge in [-0.25, -0.2) is 0 Å². The first-order valence-electron chi connectivity index (χ1n) is 11.0. The van der Waals surface area contributed by atoms with Crippen LogP contribution in [0.1, 0.15) is 51.6 Å². The first-order valence-corrected chi connectivity index (χ1v) is 11.0. The third-order valence-electron chi connectivity index (χ3n) is 5.20. The van der Waals surface area contributed by atoms with Gasteiger partial charge < -0.3 is 15.0 Å². The third-order valence-corrected chi connectivity index (χ3v) is 5.20. The Kier molecular flexibility index (Phi) is 8.65. The Morgan fingerprint density at radius 3 is 2.32 bits per heavy atom. The Hall–Kier alpha value is -2.83. The standard InChI is InChI=1S/C24H36N4O3/c1-8-27(17(4)5)21-11-9-20(10-12-21)25-23(29)15-31-24(30)13-22-18(6)26-28(19(22)7)14-16(2)3/h9-12,16-17H,8,13-15H2,1-7H3,(H,25,29). The van der Waals surface area contributed by atoms with Gasteiger partial charge in [-0.3, -0.25) is 14.3 Å². The normalized spacial score (nSPS) is 11.1. The molecule has 0 atom stereocenters. The van der Waals surface area contributed by atoms with E-state index in [-0.39, 0.29) is 18.9 Å². The Morgan fingerprint density at radius 2 is 1.77 bits per heavy atom. The van der Waals surface area contributed by atoms with Crippen LogP contribution < -0.4 is 10.2 Å². The Balaban J connectivity index is 1.88. The summed E-state index contributed by atoms with van der Waals surface area (Å²) in [5, 5.41) is 7.29. The SMILES string of the molecule is CCN(c1ccc(NC(=O)COC(=O)Cc2c(C)nn(CC(C)C)c2C)cc1)C(C)C. The maximum absolute atomic E-state index is 12.3. The number of carbonyl (C=O) groups excluding carboxylic acids is 2. The molecular formula is C24H36N4O3. The molecule has 0 spiro atoms. The van der Waals surface area contributed by atoms with Gasteiger partial charge in [-0.15, -0.1) is 0 Å². The number of amides is 1. The molecule has 1 amide bonds. The van der Waals surface area contributed by atoms with Crippen molar-refractivity contribution < 1.29 is 14.3 Å². The minimum atomic E-state index is -0.434. The average molecular weight is 429 g/mol. The van der Waals surface area contributed by atoms with Crippen molar-refractivity contribution in [3.8, 4) is 0 Å². The molecule has 1 heterocycles. The third kappa shape index (κ3) is 6.84. The van der Waals surface area contributed by atoms with Crippen molar-refractivity contribution >= 4 is 23.3 Å². The highest BCUT2D eigenvalue weighted by molar-refractivity contribution is 5.93. The zero-order valence-electron chi connectivity index (χ0n) is 19.9. The zero-order valence-corrected chi connectivity index (χ0v) is 19.9. The van der Waals surface area contributed by atoms with Gasteiger partial charge in [0.1, 0.15) is 0 Å². The van der Waals surface area contributed by atoms with Gasteiger partial charge in [-0.1, -0.05) is 13.8 Å². The lowest BCUT2D eigenvalue weighted by atomic mass is 10.1. The molecule has 0 bridgehead atoms. The van der Waals surface area contributed by atoms with Crippen LogP contribution in [-0.4, -0.2) is 40.9 Å². The number of hydrogen-bond donors (Lipinski definition) is 1. The van der Waals surface area contributed by atoms with E-state index in [0.29, 0.717) is 17.6 Å². The molecule has 0 radical (unpaired) electrons. The van der Waals surface area contributed by atoms with Crippen LogP contribution in [0.5, 0.6) is 0 Å². The lowest BCUT2D eigenvalue weighted by molar-refractivity contribution is -0.146. The van der Waals surface area contributed by atoms with Gasteiger partial charge in [0.05, 0.1) is 12.1 Å². The summed E-state index contributed by atoms with van der Waals surface area (Å²) in [4.78, 5) is 26.7. The summed E-state index contributed by atoms with van der Waals surface area (Å²) in [6.45, 7) is 15.9. The fraction of sp³-hybridized carbons (Fsp3) is 0.542. The molecule has 1 N–H and O–H groups in total. The van der Waals surface area contributed by atoms with Crippen LogP contribution in [-0.2, 0) is 27.3 Å². The molecule has 0 aliphatic heterocycles. The van der Waals surface area contributed by atoms with E-state index in [2.05, 4.69) is 49.9 Å². The van der Waals surface area contributed by atoms with Crippen molar-refractivity contribution in [3.05, 3.63) is 41.2 Å². The van der Waals surface area contributed by atoms with Crippen LogP contribution >= 0.6 is 0 Å². The van der Waals surface area contributed by atoms with E-state index in [1.807, 2.05) is 42.8 Å². The number of aryl methyl sites for hydroxylation is 1. The molecule has 0 aliphatic rings. The van der Waals surface area contributed by atoms with Gasteiger partial charge in [0.25, 0.3) is 5.91 Å². The topological polar surface area (TPSA) is 76.5 Å². The lowest BCUT2D eigenvalue weighted by Crippen LogP contribution is -2.30. The molecule has 0 saturated heterocycles. The van der Waals surface area contributed by atoms with E-state index in [1.54, 1.807) is 0 Å². The number of benzene rings is 1. The number of rotatable bonds is 10. The second-order valence-corrected chi connectivity index (χ2v) is 8.54. The molecule has 0 saturated carbocycles. The van der Waals surface area contributed by atoms with E-state index in [1.165, 1.54) is 0 Å². The zero-order chi connectivity index (χ0) is 23.1. The molecule has 1 aromatic heterocycles. The number of aromatic nitrogens is 2. The number of nitrogens with zero attached hydrogens (tertiary/aromatic N) is 3. The molecule has 2 aromatic rings. The Labute approximate surface area is 185 Å². The first-order chi connectivity index (χ1) is 14.6. The molecule has 7 nitrogen and oxygen atoms in total. The van der Waals surface area contributed by atoms with Gasteiger partial charge in [0.2, 0.25) is 0 Å². The van der Waals surface area contributed by atoms with Crippen molar-refractivity contribution in [2.45, 2.75) is 67.5 Å². The molecule has 0 aliphatic carbocycles. The summed E-state index contributed by atoms with van der Waals surface area (Å²) >= 11 is 0. The Morgan fingerprint density at radius 1 is 1.13 bits per heavy atom. The van der Waals surface area contributed by atoms with Crippen LogP contribution in [0.15, 0.2) is 24.3 Å². The number of nitrogens with one attached hydrogen (secondary N) is 1. The van der Waals surface area contributed by atoms with Gasteiger partial charge in [0.15, 0.2) is 6.61 Å². The highest BCUT2D eigenvalue weighted by atomic mass is 16.5. The van der Waals surface area contributed by atoms with Crippen LogP contribution in [0.3, 0.4) is 0 Å². The molecule has 7 heteroatoms. The van der Waals surface area contributed by atoms with Crippen LogP contribution in [0.25, 0.3) is 0 Å². The predicted octanol–water partition coefficient (Wildman–Crippen LogP) is 4.12. The van der Waals surface area contributed by atoms with E-state index in [0.717, 1.165) is 35.7 Å². The fourth-order valence-corrected chi connectivity index (χ4v) is 3.63. The largest absolute Gasteiger partial charge is 0.455 e. The summed E-state index contributed by atoms with van der Waals surface area (Å²) in [6, 6.07) is 8.07. The van der Waals surface area contributed by atoms with E-state index in [4.69, 9.17) is 4.74 Å². The maximum Gasteiger partial charge on any atom is 0.310 e. The summed E-state index contributed by atoms with van der Waals surface area (Å²) in [6.07, 6.45) is 0.111. The van der Waals surface area contributed by atoms with Gasteiger partial charge >= 0.3 is 5.97 Å². The smallest absolute Gasteiger partial charge is 0.310 e. The summed E-state index contributed by atoms with van der Waals surface area (Å²) < 4.78 is 7.12. The molecule has 2 rings (SSSR count). The predicted molar refractivity (Wildman–Crippen MR) is 124 cm³/mol. The first kappa shape index (κ1) is 24.4. The molecule has 31 heavy (non-hydrogen) atoms. The molecular weight excluding hydrogens is 392 g/mol. The fourth-order valence-electron chi connectivity index (χ4n) is 3.63. The second-order valence-electron chi connectivity index (χ2n) is 8.54. The van der Waals surface area contributed by atoms with Crippen molar-refractivity contribution in [1.29, 1.82) is 0 Å². The van der Waals surface area contributed by atoms with Crippen LogP contribution in [0.4, 0.5) is 11.4 Å². The maximum atomic E-state index is 12.3. The minimum absolute atomic E-state index is 0.111. The monoisotopic (exact) mass is 428 g/mol. The number of carbonyl (C=O) groups is 2. The van der Waals surface area contributed by atoms with Gasteiger partial charge in [-0.05, 0) is 64.8 Å². The van der Waals surface area contributed by atoms with Crippen molar-refractivity contribution in [2.75, 3.05) is 23.4 Å². The van der Waals surface area contributed by atoms with Crippen LogP contribution in [0, 0.1) is 19.8 Å². The second kappa shape index (κ2) is 11.0. The molecule has 170 valence electrons. The van der Waals surface area contributed by atoms with E-state index >= 15 is 0 Å². The number of anilines is 2. The molecule has 0 unspecified atom stereocenters. The Bertz CT molecular complexity index is 885. The van der Waals surface area contributed by atoms with E-state index in [9.17, 15) is 9.59 Å². The number of esters is 1. The molecule has 1 aromatic carbocycles. The summed E-state index contributed by atoms with van der Waals surface area (Å²) in [5.74, 6) is -0.330. The summed E-state index contributed by atoms with van der Waals surface area (Å²) in [5.41, 5.74) is 4.43. The van der Waals surface area contributed by atoms with Crippen molar-refractivity contribution in [2.24, 2.45) is 5.92 Å². The number of hydrogen-bond acceptors (Lipinski definition) is 5. The summed E-state index contributed by atoms with van der Waals surface area (Å²) in [7, 11) is 0. The van der Waals surface area contributed by atoms with Crippen LogP contribution in [0.2, 0.25) is 0 Å². The highest BCUT2D eigenvalue weighted by Crippen LogP contribution is 2.20.